The third kappa shape index (κ3) is 1.83. The Kier molecular flexibility index (Phi) is 3.25. The van der Waals surface area contributed by atoms with Crippen molar-refractivity contribution in [3.63, 3.8) is 0 Å². The number of amides is 2. The lowest BCUT2D eigenvalue weighted by atomic mass is 9.62. The second kappa shape index (κ2) is 4.75. The van der Waals surface area contributed by atoms with Crippen LogP contribution in [0.25, 0.3) is 0 Å². The molecule has 1 N–H and O–H groups in total. The highest BCUT2D eigenvalue weighted by molar-refractivity contribution is 6.04. The maximum atomic E-state index is 13.0. The van der Waals surface area contributed by atoms with E-state index < -0.39 is 34.9 Å². The summed E-state index contributed by atoms with van der Waals surface area (Å²) >= 11 is 0. The zero-order chi connectivity index (χ0) is 14.9. The van der Waals surface area contributed by atoms with Gasteiger partial charge >= 0.3 is 0 Å². The van der Waals surface area contributed by atoms with Gasteiger partial charge in [-0.25, -0.2) is 4.39 Å². The molecule has 0 spiro atoms. The monoisotopic (exact) mass is 271 g/mol. The van der Waals surface area contributed by atoms with Crippen LogP contribution in [0.15, 0.2) is 24.3 Å². The summed E-state index contributed by atoms with van der Waals surface area (Å²) in [4.78, 5) is 23.6. The smallest absolute Gasteiger partial charge is 0.244 e. The van der Waals surface area contributed by atoms with Crippen molar-refractivity contribution in [1.82, 2.24) is 5.32 Å². The minimum Gasteiger partial charge on any atom is -0.294 e. The van der Waals surface area contributed by atoms with E-state index in [0.717, 1.165) is 0 Å². The molecule has 1 aromatic rings. The largest absolute Gasteiger partial charge is 0.294 e. The second-order valence-corrected chi connectivity index (χ2v) is 4.77. The van der Waals surface area contributed by atoms with E-state index in [0.29, 0.717) is 5.56 Å². The predicted molar refractivity (Wildman–Crippen MR) is 65.1 cm³/mol. The average molecular weight is 271 g/mol. The number of hydrogen-bond acceptors (Lipinski definition) is 4. The molecule has 5 nitrogen and oxygen atoms in total. The number of benzene rings is 1. The van der Waals surface area contributed by atoms with Crippen molar-refractivity contribution in [2.24, 2.45) is 11.8 Å². The molecule has 2 amide bonds. The molecule has 1 aliphatic heterocycles. The summed E-state index contributed by atoms with van der Waals surface area (Å²) in [6.07, 6.45) is 0. The van der Waals surface area contributed by atoms with E-state index in [-0.39, 0.29) is 0 Å². The number of rotatable bonds is 1. The van der Waals surface area contributed by atoms with Crippen LogP contribution in [0.1, 0.15) is 12.5 Å². The Morgan fingerprint density at radius 3 is 1.95 bits per heavy atom. The maximum Gasteiger partial charge on any atom is 0.244 e. The SMILES string of the molecule is CC1(c2ccc(F)cc2)[C@H](C#N)C(=O)NC(=O)[C@H]1C#N. The molecule has 6 heteroatoms. The molecule has 2 atom stereocenters. The van der Waals surface area contributed by atoms with Crippen LogP contribution in [-0.4, -0.2) is 11.8 Å². The molecule has 2 rings (SSSR count). The Bertz CT molecular complexity index is 622. The van der Waals surface area contributed by atoms with Gasteiger partial charge in [0.2, 0.25) is 11.8 Å². The van der Waals surface area contributed by atoms with Crippen molar-refractivity contribution in [2.45, 2.75) is 12.3 Å². The third-order valence-electron chi connectivity index (χ3n) is 3.69. The number of halogens is 1. The second-order valence-electron chi connectivity index (χ2n) is 4.77. The van der Waals surface area contributed by atoms with E-state index >= 15 is 0 Å². The van der Waals surface area contributed by atoms with E-state index in [2.05, 4.69) is 0 Å². The first kappa shape index (κ1) is 13.7. The molecular weight excluding hydrogens is 261 g/mol. The number of carbonyl (C=O) groups excluding carboxylic acids is 2. The summed E-state index contributed by atoms with van der Waals surface area (Å²) < 4.78 is 13.0. The fourth-order valence-electron chi connectivity index (χ4n) is 2.50. The van der Waals surface area contributed by atoms with Crippen LogP contribution in [0, 0.1) is 40.3 Å². The Labute approximate surface area is 114 Å². The van der Waals surface area contributed by atoms with Crippen LogP contribution in [-0.2, 0) is 15.0 Å². The summed E-state index contributed by atoms with van der Waals surface area (Å²) in [7, 11) is 0. The van der Waals surface area contributed by atoms with E-state index in [1.807, 2.05) is 17.5 Å². The highest BCUT2D eigenvalue weighted by Gasteiger charge is 2.54. The Hall–Kier alpha value is -2.73. The number of carbonyl (C=O) groups is 2. The zero-order valence-electron chi connectivity index (χ0n) is 10.6. The summed E-state index contributed by atoms with van der Waals surface area (Å²) in [6, 6.07) is 8.77. The van der Waals surface area contributed by atoms with Crippen molar-refractivity contribution < 1.29 is 14.0 Å². The van der Waals surface area contributed by atoms with E-state index in [9.17, 15) is 24.5 Å². The Morgan fingerprint density at radius 1 is 1.10 bits per heavy atom. The fourth-order valence-corrected chi connectivity index (χ4v) is 2.50. The van der Waals surface area contributed by atoms with Crippen molar-refractivity contribution in [2.75, 3.05) is 0 Å². The lowest BCUT2D eigenvalue weighted by Crippen LogP contribution is -2.58. The summed E-state index contributed by atoms with van der Waals surface area (Å²) in [5.41, 5.74) is -0.906. The molecule has 0 bridgehead atoms. The first-order valence-electron chi connectivity index (χ1n) is 5.85. The standard InChI is InChI=1S/C14H10FN3O2/c1-14(8-2-4-9(15)5-3-8)10(6-16)12(19)18-13(20)11(14)7-17/h2-5,10-11H,1H3,(H,18,19,20)/t10-,11-/m1/s1. The molecule has 0 aromatic heterocycles. The van der Waals surface area contributed by atoms with Crippen LogP contribution in [0.5, 0.6) is 0 Å². The van der Waals surface area contributed by atoms with Gasteiger partial charge in [-0.2, -0.15) is 10.5 Å². The highest BCUT2D eigenvalue weighted by atomic mass is 19.1. The first-order chi connectivity index (χ1) is 9.44. The van der Waals surface area contributed by atoms with Crippen molar-refractivity contribution in [1.29, 1.82) is 10.5 Å². The van der Waals surface area contributed by atoms with Crippen molar-refractivity contribution >= 4 is 11.8 Å². The summed E-state index contributed by atoms with van der Waals surface area (Å²) in [5.74, 6) is -4.36. The van der Waals surface area contributed by atoms with Crippen molar-refractivity contribution in [3.8, 4) is 12.1 Å². The van der Waals surface area contributed by atoms with Gasteiger partial charge in [0.25, 0.3) is 0 Å². The van der Waals surface area contributed by atoms with Crippen LogP contribution in [0.3, 0.4) is 0 Å². The van der Waals surface area contributed by atoms with Gasteiger partial charge in [-0.15, -0.1) is 0 Å². The maximum absolute atomic E-state index is 13.0. The van der Waals surface area contributed by atoms with Crippen molar-refractivity contribution in [3.05, 3.63) is 35.6 Å². The summed E-state index contributed by atoms with van der Waals surface area (Å²) in [5, 5.41) is 20.4. The van der Waals surface area contributed by atoms with Crippen LogP contribution >= 0.6 is 0 Å². The Balaban J connectivity index is 2.65. The number of imide groups is 1. The molecule has 1 heterocycles. The summed E-state index contributed by atoms with van der Waals surface area (Å²) in [6.45, 7) is 1.50. The van der Waals surface area contributed by atoms with Gasteiger partial charge in [-0.1, -0.05) is 19.1 Å². The van der Waals surface area contributed by atoms with Gasteiger partial charge in [-0.3, -0.25) is 14.9 Å². The molecular formula is C14H10FN3O2. The topological polar surface area (TPSA) is 93.8 Å². The molecule has 1 aromatic carbocycles. The minimum absolute atomic E-state index is 0.403. The van der Waals surface area contributed by atoms with E-state index in [4.69, 9.17) is 0 Å². The number of piperidine rings is 1. The third-order valence-corrected chi connectivity index (χ3v) is 3.69. The van der Waals surface area contributed by atoms with Gasteiger partial charge in [0, 0.05) is 5.41 Å². The molecule has 0 saturated carbocycles. The number of hydrogen-bond donors (Lipinski definition) is 1. The normalized spacial score (nSPS) is 24.4. The zero-order valence-corrected chi connectivity index (χ0v) is 10.6. The molecule has 1 aliphatic rings. The predicted octanol–water partition coefficient (Wildman–Crippen LogP) is 1.02. The van der Waals surface area contributed by atoms with Gasteiger partial charge in [-0.05, 0) is 17.7 Å². The quantitative estimate of drug-likeness (QED) is 0.771. The molecule has 100 valence electrons. The van der Waals surface area contributed by atoms with Crippen LogP contribution in [0.4, 0.5) is 4.39 Å². The van der Waals surface area contributed by atoms with Gasteiger partial charge in [0.05, 0.1) is 12.1 Å². The highest BCUT2D eigenvalue weighted by Crippen LogP contribution is 2.41. The van der Waals surface area contributed by atoms with Crippen LogP contribution in [0.2, 0.25) is 0 Å². The van der Waals surface area contributed by atoms with Gasteiger partial charge in [0.1, 0.15) is 17.7 Å². The molecule has 20 heavy (non-hydrogen) atoms. The lowest BCUT2D eigenvalue weighted by molar-refractivity contribution is -0.140. The number of nitrogens with one attached hydrogen (secondary N) is 1. The average Bonchev–Trinajstić information content (AvgIpc) is 2.39. The molecule has 0 radical (unpaired) electrons. The molecule has 1 fully saturated rings. The van der Waals surface area contributed by atoms with Crippen LogP contribution < -0.4 is 5.32 Å². The van der Waals surface area contributed by atoms with Gasteiger partial charge in [0.15, 0.2) is 0 Å². The Morgan fingerprint density at radius 2 is 1.55 bits per heavy atom. The number of nitrogens with zero attached hydrogens (tertiary/aromatic N) is 2. The molecule has 0 aliphatic carbocycles. The van der Waals surface area contributed by atoms with E-state index in [1.165, 1.54) is 31.2 Å². The molecule has 0 unspecified atom stereocenters. The molecule has 1 saturated heterocycles. The number of nitriles is 2. The first-order valence-corrected chi connectivity index (χ1v) is 5.85. The van der Waals surface area contributed by atoms with Gasteiger partial charge < -0.3 is 0 Å². The fraction of sp³-hybridized carbons (Fsp3) is 0.286. The van der Waals surface area contributed by atoms with E-state index in [1.54, 1.807) is 0 Å². The minimum atomic E-state index is -1.31. The lowest BCUT2D eigenvalue weighted by Gasteiger charge is -2.39.